The summed E-state index contributed by atoms with van der Waals surface area (Å²) in [5, 5.41) is 3.14. The number of rotatable bonds is 2. The van der Waals surface area contributed by atoms with Crippen LogP contribution in [0.4, 0.5) is 4.39 Å². The molecule has 1 N–H and O–H groups in total. The molecule has 2 fully saturated rings. The predicted octanol–water partition coefficient (Wildman–Crippen LogP) is 0.697. The molecular formula is C10H17FN2O. The van der Waals surface area contributed by atoms with Gasteiger partial charge < -0.3 is 10.2 Å². The lowest BCUT2D eigenvalue weighted by Crippen LogP contribution is -2.45. The Balaban J connectivity index is 1.88. The van der Waals surface area contributed by atoms with Gasteiger partial charge in [-0.05, 0) is 25.7 Å². The molecular weight excluding hydrogens is 183 g/mol. The molecule has 1 saturated carbocycles. The van der Waals surface area contributed by atoms with Crippen LogP contribution in [0.15, 0.2) is 0 Å². The number of likely N-dealkylation sites (N-methyl/N-ethyl adjacent to an activating group) is 1. The first-order chi connectivity index (χ1) is 6.68. The fourth-order valence-corrected chi connectivity index (χ4v) is 2.34. The summed E-state index contributed by atoms with van der Waals surface area (Å²) in [5.41, 5.74) is 0. The number of alkyl halides is 1. The van der Waals surface area contributed by atoms with Crippen molar-refractivity contribution in [3.05, 3.63) is 0 Å². The molecule has 80 valence electrons. The van der Waals surface area contributed by atoms with Gasteiger partial charge in [-0.25, -0.2) is 4.39 Å². The van der Waals surface area contributed by atoms with Gasteiger partial charge in [-0.3, -0.25) is 4.79 Å². The lowest BCUT2D eigenvalue weighted by atomic mass is 10.1. The fourth-order valence-electron chi connectivity index (χ4n) is 2.34. The maximum Gasteiger partial charge on any atom is 0.239 e. The van der Waals surface area contributed by atoms with Gasteiger partial charge >= 0.3 is 0 Å². The van der Waals surface area contributed by atoms with E-state index in [1.807, 2.05) is 0 Å². The maximum atomic E-state index is 13.3. The Bertz CT molecular complexity index is 234. The Kier molecular flexibility index (Phi) is 2.72. The number of hydrogen-bond acceptors (Lipinski definition) is 2. The van der Waals surface area contributed by atoms with E-state index in [9.17, 15) is 9.18 Å². The molecule has 0 aromatic heterocycles. The molecule has 0 bridgehead atoms. The minimum absolute atomic E-state index is 0.0875. The number of hydrogen-bond donors (Lipinski definition) is 1. The molecule has 1 aliphatic carbocycles. The fraction of sp³-hybridized carbons (Fsp3) is 0.900. The highest BCUT2D eigenvalue weighted by molar-refractivity contribution is 5.83. The van der Waals surface area contributed by atoms with Crippen LogP contribution in [0, 0.1) is 0 Å². The minimum atomic E-state index is -0.756. The monoisotopic (exact) mass is 200 g/mol. The van der Waals surface area contributed by atoms with Gasteiger partial charge in [-0.15, -0.1) is 0 Å². The number of halogens is 1. The smallest absolute Gasteiger partial charge is 0.239 e. The zero-order valence-electron chi connectivity index (χ0n) is 8.50. The summed E-state index contributed by atoms with van der Waals surface area (Å²) in [4.78, 5) is 13.2. The van der Waals surface area contributed by atoms with Crippen LogP contribution in [0.3, 0.4) is 0 Å². The molecule has 2 rings (SSSR count). The Morgan fingerprint density at radius 1 is 1.43 bits per heavy atom. The van der Waals surface area contributed by atoms with Gasteiger partial charge in [0.05, 0.1) is 6.04 Å². The van der Waals surface area contributed by atoms with E-state index in [1.165, 1.54) is 0 Å². The summed E-state index contributed by atoms with van der Waals surface area (Å²) in [6.45, 7) is 0.792. The number of carbonyl (C=O) groups is 1. The van der Waals surface area contributed by atoms with Crippen molar-refractivity contribution in [1.82, 2.24) is 10.2 Å². The van der Waals surface area contributed by atoms with Gasteiger partial charge in [0.25, 0.3) is 0 Å². The van der Waals surface area contributed by atoms with Gasteiger partial charge in [-0.2, -0.15) is 0 Å². The van der Waals surface area contributed by atoms with Gasteiger partial charge in [0.15, 0.2) is 0 Å². The molecule has 2 aliphatic rings. The lowest BCUT2D eigenvalue weighted by molar-refractivity contribution is -0.128. The Hall–Kier alpha value is -0.640. The third kappa shape index (κ3) is 1.75. The Morgan fingerprint density at radius 2 is 2.21 bits per heavy atom. The lowest BCUT2D eigenvalue weighted by Gasteiger charge is -2.19. The van der Waals surface area contributed by atoms with Crippen molar-refractivity contribution in [3.8, 4) is 0 Å². The quantitative estimate of drug-likeness (QED) is 0.711. The first-order valence-electron chi connectivity index (χ1n) is 5.33. The van der Waals surface area contributed by atoms with Crippen molar-refractivity contribution >= 4 is 5.91 Å². The van der Waals surface area contributed by atoms with Crippen LogP contribution in [0.25, 0.3) is 0 Å². The Labute approximate surface area is 83.6 Å². The van der Waals surface area contributed by atoms with Crippen LogP contribution in [-0.4, -0.2) is 42.7 Å². The highest BCUT2D eigenvalue weighted by Crippen LogP contribution is 2.23. The molecule has 3 atom stereocenters. The molecule has 0 aromatic carbocycles. The largest absolute Gasteiger partial charge is 0.344 e. The summed E-state index contributed by atoms with van der Waals surface area (Å²) < 4.78 is 13.3. The predicted molar refractivity (Wildman–Crippen MR) is 51.7 cm³/mol. The topological polar surface area (TPSA) is 32.3 Å². The molecule has 1 saturated heterocycles. The Morgan fingerprint density at radius 3 is 2.71 bits per heavy atom. The second-order valence-corrected chi connectivity index (χ2v) is 4.32. The number of amides is 1. The summed E-state index contributed by atoms with van der Waals surface area (Å²) in [5.74, 6) is 0.115. The van der Waals surface area contributed by atoms with Crippen LogP contribution < -0.4 is 5.32 Å². The van der Waals surface area contributed by atoms with Crippen molar-refractivity contribution in [3.63, 3.8) is 0 Å². The normalized spacial score (nSPS) is 38.3. The molecule has 4 heteroatoms. The zero-order valence-corrected chi connectivity index (χ0v) is 8.50. The van der Waals surface area contributed by atoms with Crippen molar-refractivity contribution in [1.29, 1.82) is 0 Å². The minimum Gasteiger partial charge on any atom is -0.344 e. The molecule has 0 aromatic rings. The summed E-state index contributed by atoms with van der Waals surface area (Å²) >= 11 is 0. The van der Waals surface area contributed by atoms with Crippen molar-refractivity contribution in [2.24, 2.45) is 0 Å². The molecule has 1 heterocycles. The summed E-state index contributed by atoms with van der Waals surface area (Å²) in [6, 6.07) is -0.225. The highest BCUT2D eigenvalue weighted by Gasteiger charge is 2.34. The second-order valence-electron chi connectivity index (χ2n) is 4.32. The second kappa shape index (κ2) is 3.85. The number of nitrogens with one attached hydrogen (secondary N) is 1. The molecule has 1 amide bonds. The first kappa shape index (κ1) is 9.90. The average molecular weight is 200 g/mol. The first-order valence-corrected chi connectivity index (χ1v) is 5.33. The average Bonchev–Trinajstić information content (AvgIpc) is 2.68. The highest BCUT2D eigenvalue weighted by atomic mass is 19.1. The van der Waals surface area contributed by atoms with E-state index in [0.717, 1.165) is 25.8 Å². The third-order valence-electron chi connectivity index (χ3n) is 3.27. The van der Waals surface area contributed by atoms with E-state index < -0.39 is 6.17 Å². The van der Waals surface area contributed by atoms with E-state index in [1.54, 1.807) is 11.9 Å². The van der Waals surface area contributed by atoms with E-state index >= 15 is 0 Å². The van der Waals surface area contributed by atoms with Crippen LogP contribution in [0.2, 0.25) is 0 Å². The van der Waals surface area contributed by atoms with Crippen LogP contribution in [0.1, 0.15) is 25.7 Å². The third-order valence-corrected chi connectivity index (χ3v) is 3.27. The van der Waals surface area contributed by atoms with Gasteiger partial charge in [0, 0.05) is 19.6 Å². The SMILES string of the molecule is CN1CCC(NC2CCCC2F)C1=O. The molecule has 0 spiro atoms. The van der Waals surface area contributed by atoms with E-state index in [4.69, 9.17) is 0 Å². The van der Waals surface area contributed by atoms with Crippen molar-refractivity contribution in [2.45, 2.75) is 43.9 Å². The standard InChI is InChI=1S/C10H17FN2O/c1-13-6-5-9(10(13)14)12-8-4-2-3-7(8)11/h7-9,12H,2-6H2,1H3. The van der Waals surface area contributed by atoms with Gasteiger partial charge in [0.2, 0.25) is 5.91 Å². The van der Waals surface area contributed by atoms with Crippen LogP contribution >= 0.6 is 0 Å². The number of carbonyl (C=O) groups excluding carboxylic acids is 1. The van der Waals surface area contributed by atoms with E-state index in [0.29, 0.717) is 6.42 Å². The maximum absolute atomic E-state index is 13.3. The molecule has 1 aliphatic heterocycles. The van der Waals surface area contributed by atoms with E-state index in [2.05, 4.69) is 5.32 Å². The zero-order chi connectivity index (χ0) is 10.1. The molecule has 14 heavy (non-hydrogen) atoms. The van der Waals surface area contributed by atoms with Crippen molar-refractivity contribution in [2.75, 3.05) is 13.6 Å². The summed E-state index contributed by atoms with van der Waals surface area (Å²) in [6.07, 6.45) is 2.52. The summed E-state index contributed by atoms with van der Waals surface area (Å²) in [7, 11) is 1.80. The molecule has 0 radical (unpaired) electrons. The van der Waals surface area contributed by atoms with Gasteiger partial charge in [-0.1, -0.05) is 0 Å². The number of likely N-dealkylation sites (tertiary alicyclic amines) is 1. The van der Waals surface area contributed by atoms with Gasteiger partial charge in [0.1, 0.15) is 6.17 Å². The number of nitrogens with zero attached hydrogens (tertiary/aromatic N) is 1. The van der Waals surface area contributed by atoms with E-state index in [-0.39, 0.29) is 18.0 Å². The molecule has 3 nitrogen and oxygen atoms in total. The van der Waals surface area contributed by atoms with Crippen LogP contribution in [-0.2, 0) is 4.79 Å². The van der Waals surface area contributed by atoms with Crippen molar-refractivity contribution < 1.29 is 9.18 Å². The molecule has 3 unspecified atom stereocenters. The van der Waals surface area contributed by atoms with Crippen LogP contribution in [0.5, 0.6) is 0 Å².